The van der Waals surface area contributed by atoms with E-state index in [2.05, 4.69) is 36.3 Å². The van der Waals surface area contributed by atoms with Gasteiger partial charge in [0.15, 0.2) is 5.11 Å². The molecule has 0 amide bonds. The summed E-state index contributed by atoms with van der Waals surface area (Å²) in [6.07, 6.45) is 2.15. The Hall–Kier alpha value is -2.90. The van der Waals surface area contributed by atoms with Crippen molar-refractivity contribution in [2.75, 3.05) is 25.6 Å². The Morgan fingerprint density at radius 1 is 1.25 bits per heavy atom. The van der Waals surface area contributed by atoms with Gasteiger partial charge in [-0.3, -0.25) is 4.79 Å². The van der Waals surface area contributed by atoms with Crippen molar-refractivity contribution in [3.63, 3.8) is 0 Å². The topological polar surface area (TPSA) is 66.6 Å². The molecule has 0 spiro atoms. The van der Waals surface area contributed by atoms with Crippen LogP contribution in [0.5, 0.6) is 5.75 Å². The Morgan fingerprint density at radius 2 is 2.09 bits per heavy atom. The first-order chi connectivity index (χ1) is 15.4. The van der Waals surface area contributed by atoms with E-state index >= 15 is 0 Å². The molecule has 0 radical (unpaired) electrons. The molecule has 4 rings (SSSR count). The summed E-state index contributed by atoms with van der Waals surface area (Å²) in [5, 5.41) is 4.88. The van der Waals surface area contributed by atoms with Gasteiger partial charge in [0.1, 0.15) is 5.75 Å². The zero-order chi connectivity index (χ0) is 22.7. The second-order valence-electron chi connectivity index (χ2n) is 8.34. The number of rotatable bonds is 6. The highest BCUT2D eigenvalue weighted by Crippen LogP contribution is 2.22. The number of benzene rings is 2. The molecule has 2 heterocycles. The molecule has 1 aromatic heterocycles. The summed E-state index contributed by atoms with van der Waals surface area (Å²) in [4.78, 5) is 17.8. The van der Waals surface area contributed by atoms with Gasteiger partial charge in [-0.15, -0.1) is 0 Å². The number of thiocarbonyl (C=S) groups is 1. The summed E-state index contributed by atoms with van der Waals surface area (Å²) in [5.41, 5.74) is 4.60. The Kier molecular flexibility index (Phi) is 6.77. The van der Waals surface area contributed by atoms with Crippen molar-refractivity contribution in [2.45, 2.75) is 39.3 Å². The second kappa shape index (κ2) is 9.71. The summed E-state index contributed by atoms with van der Waals surface area (Å²) < 4.78 is 11.2. The van der Waals surface area contributed by atoms with Crippen LogP contribution in [0.15, 0.2) is 47.3 Å². The number of ether oxygens (including phenoxy) is 2. The van der Waals surface area contributed by atoms with Gasteiger partial charge in [0.25, 0.3) is 5.56 Å². The van der Waals surface area contributed by atoms with Crippen LogP contribution >= 0.6 is 12.2 Å². The van der Waals surface area contributed by atoms with Gasteiger partial charge in [-0.05, 0) is 74.8 Å². The van der Waals surface area contributed by atoms with Gasteiger partial charge in [-0.1, -0.05) is 17.7 Å². The first-order valence-electron chi connectivity index (χ1n) is 10.9. The van der Waals surface area contributed by atoms with Gasteiger partial charge in [0.2, 0.25) is 0 Å². The van der Waals surface area contributed by atoms with Crippen LogP contribution in [0.25, 0.3) is 10.9 Å². The number of aryl methyl sites for hydroxylation is 2. The molecule has 32 heavy (non-hydrogen) atoms. The zero-order valence-corrected chi connectivity index (χ0v) is 19.6. The fraction of sp³-hybridized carbons (Fsp3) is 0.360. The van der Waals surface area contributed by atoms with E-state index in [0.717, 1.165) is 47.4 Å². The Bertz CT molecular complexity index is 1180. The van der Waals surface area contributed by atoms with Crippen LogP contribution in [-0.4, -0.2) is 41.4 Å². The van der Waals surface area contributed by atoms with Crippen molar-refractivity contribution < 1.29 is 9.47 Å². The third-order valence-corrected chi connectivity index (χ3v) is 6.21. The van der Waals surface area contributed by atoms with Crippen molar-refractivity contribution in [1.29, 1.82) is 0 Å². The second-order valence-corrected chi connectivity index (χ2v) is 8.73. The lowest BCUT2D eigenvalue weighted by molar-refractivity contribution is 0.0904. The van der Waals surface area contributed by atoms with Gasteiger partial charge >= 0.3 is 0 Å². The molecule has 1 aliphatic heterocycles. The van der Waals surface area contributed by atoms with Gasteiger partial charge in [0.05, 0.1) is 19.8 Å². The first-order valence-corrected chi connectivity index (χ1v) is 11.3. The number of hydrogen-bond acceptors (Lipinski definition) is 4. The standard InChI is InChI=1S/C25H29N3O3S/c1-16-6-8-22(17(2)11-16)27-25(32)28(15-21-5-4-10-31-21)14-19-12-18-13-20(30-3)7-9-23(18)26-24(19)29/h6-9,11-13,21H,4-5,10,14-15H2,1-3H3,(H,26,29)(H,27,32)/t21-/m0/s1. The molecular weight excluding hydrogens is 422 g/mol. The van der Waals surface area contributed by atoms with Gasteiger partial charge in [-0.2, -0.15) is 0 Å². The van der Waals surface area contributed by atoms with E-state index in [1.165, 1.54) is 5.56 Å². The first kappa shape index (κ1) is 22.3. The molecule has 1 aliphatic rings. The van der Waals surface area contributed by atoms with Crippen LogP contribution < -0.4 is 15.6 Å². The lowest BCUT2D eigenvalue weighted by atomic mass is 10.1. The molecule has 7 heteroatoms. The lowest BCUT2D eigenvalue weighted by Gasteiger charge is -2.28. The highest BCUT2D eigenvalue weighted by Gasteiger charge is 2.22. The lowest BCUT2D eigenvalue weighted by Crippen LogP contribution is -2.40. The largest absolute Gasteiger partial charge is 0.497 e. The van der Waals surface area contributed by atoms with E-state index in [-0.39, 0.29) is 11.7 Å². The molecule has 0 unspecified atom stereocenters. The molecular formula is C25H29N3O3S. The van der Waals surface area contributed by atoms with E-state index in [1.54, 1.807) is 7.11 Å². The maximum atomic E-state index is 12.8. The monoisotopic (exact) mass is 451 g/mol. The highest BCUT2D eigenvalue weighted by molar-refractivity contribution is 7.80. The molecule has 3 aromatic rings. The Labute approximate surface area is 193 Å². The van der Waals surface area contributed by atoms with Crippen LogP contribution in [0, 0.1) is 13.8 Å². The summed E-state index contributed by atoms with van der Waals surface area (Å²) >= 11 is 5.79. The van der Waals surface area contributed by atoms with Crippen LogP contribution in [0.2, 0.25) is 0 Å². The summed E-state index contributed by atoms with van der Waals surface area (Å²) in [6.45, 7) is 5.92. The third-order valence-electron chi connectivity index (χ3n) is 5.85. The minimum absolute atomic E-state index is 0.105. The fourth-order valence-corrected chi connectivity index (χ4v) is 4.33. The molecule has 168 valence electrons. The number of methoxy groups -OCH3 is 1. The number of aromatic amines is 1. The number of nitrogens with one attached hydrogen (secondary N) is 2. The zero-order valence-electron chi connectivity index (χ0n) is 18.7. The minimum Gasteiger partial charge on any atom is -0.497 e. The number of pyridine rings is 1. The maximum Gasteiger partial charge on any atom is 0.253 e. The van der Waals surface area contributed by atoms with Crippen LogP contribution in [0.1, 0.15) is 29.5 Å². The van der Waals surface area contributed by atoms with Crippen LogP contribution in [0.3, 0.4) is 0 Å². The molecule has 1 fully saturated rings. The fourth-order valence-electron chi connectivity index (χ4n) is 4.08. The molecule has 0 saturated carbocycles. The smallest absolute Gasteiger partial charge is 0.253 e. The number of nitrogens with zero attached hydrogens (tertiary/aromatic N) is 1. The Balaban J connectivity index is 1.61. The predicted octanol–water partition coefficient (Wildman–Crippen LogP) is 4.53. The van der Waals surface area contributed by atoms with E-state index in [4.69, 9.17) is 21.7 Å². The normalized spacial score (nSPS) is 15.7. The predicted molar refractivity (Wildman–Crippen MR) is 133 cm³/mol. The SMILES string of the molecule is COc1ccc2[nH]c(=O)c(CN(C[C@@H]3CCCO3)C(=S)Nc3ccc(C)cc3C)cc2c1. The molecule has 0 bridgehead atoms. The molecule has 1 saturated heterocycles. The minimum atomic E-state index is -0.116. The van der Waals surface area contributed by atoms with E-state index in [0.29, 0.717) is 23.8 Å². The van der Waals surface area contributed by atoms with Crippen molar-refractivity contribution in [1.82, 2.24) is 9.88 Å². The average Bonchev–Trinajstić information content (AvgIpc) is 3.28. The summed E-state index contributed by atoms with van der Waals surface area (Å²) in [7, 11) is 1.63. The van der Waals surface area contributed by atoms with E-state index in [9.17, 15) is 4.79 Å². The average molecular weight is 452 g/mol. The number of hydrogen-bond donors (Lipinski definition) is 2. The van der Waals surface area contributed by atoms with Crippen LogP contribution in [-0.2, 0) is 11.3 Å². The van der Waals surface area contributed by atoms with Gasteiger partial charge < -0.3 is 24.7 Å². The number of anilines is 1. The van der Waals surface area contributed by atoms with Crippen LogP contribution in [0.4, 0.5) is 5.69 Å². The maximum absolute atomic E-state index is 12.8. The van der Waals surface area contributed by atoms with E-state index in [1.807, 2.05) is 35.2 Å². The summed E-state index contributed by atoms with van der Waals surface area (Å²) in [6, 6.07) is 13.8. The molecule has 1 atom stereocenters. The number of fused-ring (bicyclic) bond motifs is 1. The van der Waals surface area contributed by atoms with Crippen molar-refractivity contribution in [3.8, 4) is 5.75 Å². The summed E-state index contributed by atoms with van der Waals surface area (Å²) in [5.74, 6) is 0.749. The molecule has 2 N–H and O–H groups in total. The van der Waals surface area contributed by atoms with E-state index < -0.39 is 0 Å². The van der Waals surface area contributed by atoms with Gasteiger partial charge in [0, 0.05) is 35.3 Å². The molecule has 6 nitrogen and oxygen atoms in total. The Morgan fingerprint density at radius 3 is 2.81 bits per heavy atom. The quantitative estimate of drug-likeness (QED) is 0.537. The van der Waals surface area contributed by atoms with Gasteiger partial charge in [-0.25, -0.2) is 0 Å². The van der Waals surface area contributed by atoms with Crippen molar-refractivity contribution in [3.05, 3.63) is 69.5 Å². The third kappa shape index (κ3) is 5.11. The highest BCUT2D eigenvalue weighted by atomic mass is 32.1. The van der Waals surface area contributed by atoms with Crippen molar-refractivity contribution >= 4 is 33.9 Å². The molecule has 0 aliphatic carbocycles. The number of H-pyrrole nitrogens is 1. The number of aromatic nitrogens is 1. The molecule has 2 aromatic carbocycles. The van der Waals surface area contributed by atoms with Crippen molar-refractivity contribution in [2.24, 2.45) is 0 Å².